The van der Waals surface area contributed by atoms with Gasteiger partial charge >= 0.3 is 0 Å². The molecule has 1 aliphatic carbocycles. The Morgan fingerprint density at radius 3 is 2.60 bits per heavy atom. The van der Waals surface area contributed by atoms with Crippen LogP contribution in [-0.2, 0) is 0 Å². The summed E-state index contributed by atoms with van der Waals surface area (Å²) in [5, 5.41) is 18.4. The average Bonchev–Trinajstić information content (AvgIpc) is 1.81. The van der Waals surface area contributed by atoms with Gasteiger partial charge in [0.1, 0.15) is 6.10 Å². The van der Waals surface area contributed by atoms with Crippen molar-refractivity contribution in [1.82, 2.24) is 0 Å². The van der Waals surface area contributed by atoms with E-state index in [1.165, 1.54) is 12.2 Å². The number of hydrogen-bond acceptors (Lipinski definition) is 2. The van der Waals surface area contributed by atoms with Gasteiger partial charge in [0.05, 0.1) is 0 Å². The summed E-state index contributed by atoms with van der Waals surface area (Å²) in [6, 6.07) is 0. The number of aliphatic hydroxyl groups is 2. The molecule has 0 bridgehead atoms. The fourth-order valence-electron chi connectivity index (χ4n) is 0.618. The zero-order chi connectivity index (χ0) is 7.78. The minimum atomic E-state index is -1.30. The minimum absolute atomic E-state index is 0.768. The number of rotatable bonds is 0. The molecule has 0 amide bonds. The lowest BCUT2D eigenvalue weighted by atomic mass is 10.1. The van der Waals surface area contributed by atoms with E-state index in [0.29, 0.717) is 0 Å². The Kier molecular flexibility index (Phi) is 2.34. The molecule has 1 rings (SSSR count). The maximum Gasteiger partial charge on any atom is 0.167 e. The number of alkyl halides is 1. The van der Waals surface area contributed by atoms with E-state index in [4.69, 9.17) is 5.11 Å². The second-order valence-corrected chi connectivity index (χ2v) is 4.24. The van der Waals surface area contributed by atoms with Gasteiger partial charge in [-0.05, 0) is 34.2 Å². The molecule has 0 heterocycles. The van der Waals surface area contributed by atoms with Crippen molar-refractivity contribution in [3.63, 3.8) is 0 Å². The van der Waals surface area contributed by atoms with Crippen LogP contribution in [0.2, 0.25) is 0 Å². The van der Waals surface area contributed by atoms with Crippen LogP contribution in [0.5, 0.6) is 0 Å². The highest BCUT2D eigenvalue weighted by molar-refractivity contribution is 9.12. The first-order valence-corrected chi connectivity index (χ1v) is 4.27. The largest absolute Gasteiger partial charge is 0.385 e. The number of hydrogen-bond donors (Lipinski definition) is 2. The highest BCUT2D eigenvalue weighted by atomic mass is 79.9. The van der Waals surface area contributed by atoms with Crippen LogP contribution in [0.15, 0.2) is 22.7 Å². The van der Waals surface area contributed by atoms with Crippen LogP contribution in [0.1, 0.15) is 0 Å². The van der Waals surface area contributed by atoms with Crippen molar-refractivity contribution in [2.45, 2.75) is 10.6 Å². The second-order valence-electron chi connectivity index (χ2n) is 2.06. The molecule has 56 valence electrons. The molecule has 0 saturated carbocycles. The summed E-state index contributed by atoms with van der Waals surface area (Å²) in [5.74, 6) is 0. The summed E-state index contributed by atoms with van der Waals surface area (Å²) in [6.45, 7) is 0. The molecule has 0 aromatic heterocycles. The van der Waals surface area contributed by atoms with Crippen molar-refractivity contribution in [1.29, 1.82) is 0 Å². The van der Waals surface area contributed by atoms with Crippen molar-refractivity contribution >= 4 is 31.9 Å². The number of allylic oxidation sites excluding steroid dienone is 2. The second kappa shape index (κ2) is 2.77. The molecule has 2 unspecified atom stereocenters. The number of halogens is 2. The molecular weight excluding hydrogens is 264 g/mol. The summed E-state index contributed by atoms with van der Waals surface area (Å²) < 4.78 is -0.534. The van der Waals surface area contributed by atoms with Gasteiger partial charge in [0.25, 0.3) is 0 Å². The quantitative estimate of drug-likeness (QED) is 0.651. The van der Waals surface area contributed by atoms with E-state index < -0.39 is 10.6 Å². The van der Waals surface area contributed by atoms with Crippen molar-refractivity contribution < 1.29 is 10.2 Å². The maximum absolute atomic E-state index is 9.28. The van der Waals surface area contributed by atoms with Crippen LogP contribution < -0.4 is 0 Å². The first kappa shape index (κ1) is 8.46. The fraction of sp³-hybridized carbons (Fsp3) is 0.333. The van der Waals surface area contributed by atoms with Crippen molar-refractivity contribution in [3.8, 4) is 0 Å². The summed E-state index contributed by atoms with van der Waals surface area (Å²) in [5.41, 5.74) is 0. The summed E-state index contributed by atoms with van der Waals surface area (Å²) >= 11 is 6.10. The van der Waals surface area contributed by atoms with E-state index in [-0.39, 0.29) is 0 Å². The molecule has 2 nitrogen and oxygen atoms in total. The molecule has 2 atom stereocenters. The summed E-state index contributed by atoms with van der Waals surface area (Å²) in [7, 11) is 0. The zero-order valence-corrected chi connectivity index (χ0v) is 8.13. The monoisotopic (exact) mass is 268 g/mol. The van der Waals surface area contributed by atoms with Crippen molar-refractivity contribution in [3.05, 3.63) is 22.7 Å². The van der Waals surface area contributed by atoms with Gasteiger partial charge in [0.15, 0.2) is 4.51 Å². The van der Waals surface area contributed by atoms with Gasteiger partial charge in [0, 0.05) is 4.48 Å². The lowest BCUT2D eigenvalue weighted by molar-refractivity contribution is 0.0590. The normalized spacial score (nSPS) is 39.6. The predicted octanol–water partition coefficient (Wildman–Crippen LogP) is 1.28. The first-order valence-electron chi connectivity index (χ1n) is 2.68. The van der Waals surface area contributed by atoms with E-state index in [0.717, 1.165) is 4.48 Å². The lowest BCUT2D eigenvalue weighted by Gasteiger charge is -2.23. The molecule has 1 aliphatic rings. The van der Waals surface area contributed by atoms with Gasteiger partial charge in [-0.25, -0.2) is 0 Å². The molecule has 0 radical (unpaired) electrons. The topological polar surface area (TPSA) is 40.5 Å². The highest BCUT2D eigenvalue weighted by Gasteiger charge is 2.30. The Balaban J connectivity index is 2.84. The smallest absolute Gasteiger partial charge is 0.167 e. The fourth-order valence-corrected chi connectivity index (χ4v) is 1.27. The SMILES string of the molecule is OC1C=C(Br)C=CC1(O)Br. The molecule has 0 aromatic rings. The molecule has 0 spiro atoms. The van der Waals surface area contributed by atoms with E-state index in [1.807, 2.05) is 0 Å². The van der Waals surface area contributed by atoms with Gasteiger partial charge in [-0.2, -0.15) is 0 Å². The molecular formula is C6H6Br2O2. The van der Waals surface area contributed by atoms with Crippen molar-refractivity contribution in [2.75, 3.05) is 0 Å². The molecule has 0 aliphatic heterocycles. The zero-order valence-electron chi connectivity index (χ0n) is 4.96. The van der Waals surface area contributed by atoms with E-state index in [2.05, 4.69) is 31.9 Å². The van der Waals surface area contributed by atoms with Gasteiger partial charge in [0.2, 0.25) is 0 Å². The van der Waals surface area contributed by atoms with Gasteiger partial charge in [-0.1, -0.05) is 15.9 Å². The van der Waals surface area contributed by atoms with Gasteiger partial charge in [-0.3, -0.25) is 0 Å². The van der Waals surface area contributed by atoms with Crippen LogP contribution in [0.4, 0.5) is 0 Å². The Morgan fingerprint density at radius 1 is 1.60 bits per heavy atom. The molecule has 0 aromatic carbocycles. The molecule has 0 saturated heterocycles. The van der Waals surface area contributed by atoms with Crippen LogP contribution in [0.25, 0.3) is 0 Å². The molecule has 4 heteroatoms. The third-order valence-electron chi connectivity index (χ3n) is 1.21. The molecule has 10 heavy (non-hydrogen) atoms. The van der Waals surface area contributed by atoms with Crippen LogP contribution in [0.3, 0.4) is 0 Å². The van der Waals surface area contributed by atoms with Crippen LogP contribution in [0, 0.1) is 0 Å². The van der Waals surface area contributed by atoms with E-state index in [9.17, 15) is 5.11 Å². The summed E-state index contributed by atoms with van der Waals surface area (Å²) in [6.07, 6.45) is 3.75. The number of aliphatic hydroxyl groups excluding tert-OH is 1. The van der Waals surface area contributed by atoms with Crippen molar-refractivity contribution in [2.24, 2.45) is 0 Å². The molecule has 0 fully saturated rings. The third-order valence-corrected chi connectivity index (χ3v) is 2.47. The molecule has 2 N–H and O–H groups in total. The standard InChI is InChI=1S/C6H6Br2O2/c7-4-1-2-6(8,10)5(9)3-4/h1-3,5,9-10H. The Hall–Kier alpha value is 0.360. The highest BCUT2D eigenvalue weighted by Crippen LogP contribution is 2.28. The minimum Gasteiger partial charge on any atom is -0.385 e. The third kappa shape index (κ3) is 1.69. The lowest BCUT2D eigenvalue weighted by Crippen LogP contribution is -2.33. The van der Waals surface area contributed by atoms with Crippen LogP contribution in [-0.4, -0.2) is 20.8 Å². The van der Waals surface area contributed by atoms with E-state index in [1.54, 1.807) is 6.08 Å². The summed E-state index contributed by atoms with van der Waals surface area (Å²) in [4.78, 5) is 0. The van der Waals surface area contributed by atoms with Gasteiger partial charge < -0.3 is 10.2 Å². The van der Waals surface area contributed by atoms with Crippen LogP contribution >= 0.6 is 31.9 Å². The Morgan fingerprint density at radius 2 is 2.20 bits per heavy atom. The van der Waals surface area contributed by atoms with Gasteiger partial charge in [-0.15, -0.1) is 0 Å². The Bertz CT molecular complexity index is 196. The predicted molar refractivity (Wildman–Crippen MR) is 46.0 cm³/mol. The Labute approximate surface area is 75.5 Å². The first-order chi connectivity index (χ1) is 4.52. The maximum atomic E-state index is 9.28. The van der Waals surface area contributed by atoms with E-state index >= 15 is 0 Å². The average molecular weight is 270 g/mol.